The summed E-state index contributed by atoms with van der Waals surface area (Å²) in [7, 11) is 0. The van der Waals surface area contributed by atoms with Crippen molar-refractivity contribution in [1.29, 1.82) is 0 Å². The van der Waals surface area contributed by atoms with Gasteiger partial charge < -0.3 is 24.4 Å². The topological polar surface area (TPSA) is 96.4 Å². The van der Waals surface area contributed by atoms with Gasteiger partial charge in [0.25, 0.3) is 5.91 Å². The molecule has 1 aromatic carbocycles. The van der Waals surface area contributed by atoms with Gasteiger partial charge in [-0.05, 0) is 38.3 Å². The normalized spacial score (nSPS) is 31.2. The number of hydrogen-bond donors (Lipinski definition) is 1. The van der Waals surface area contributed by atoms with Crippen molar-refractivity contribution in [3.05, 3.63) is 54.6 Å². The summed E-state index contributed by atoms with van der Waals surface area (Å²) in [5, 5.41) is 10.0. The van der Waals surface area contributed by atoms with Crippen molar-refractivity contribution >= 4 is 39.4 Å². The Bertz CT molecular complexity index is 1070. The van der Waals surface area contributed by atoms with E-state index in [0.29, 0.717) is 6.42 Å². The summed E-state index contributed by atoms with van der Waals surface area (Å²) in [5.74, 6) is -3.01. The SMILES string of the molecule is C=CCOC(=O)[C@H]1[C@H]2C(=O)N([C@H](C)CO)C(C(=O)N(CC=C)c3c(C)cccc3C)C23CC(Br)[C@@H]1O3. The summed E-state index contributed by atoms with van der Waals surface area (Å²) in [6.07, 6.45) is 2.88. The molecule has 9 heteroatoms. The van der Waals surface area contributed by atoms with Crippen LogP contribution in [0.3, 0.4) is 0 Å². The summed E-state index contributed by atoms with van der Waals surface area (Å²) >= 11 is 3.64. The molecule has 7 atom stereocenters. The van der Waals surface area contributed by atoms with Crippen LogP contribution in [-0.4, -0.2) is 76.2 Å². The number of nitrogens with zero attached hydrogens (tertiary/aromatic N) is 2. The Morgan fingerprint density at radius 1 is 1.33 bits per heavy atom. The zero-order valence-electron chi connectivity index (χ0n) is 20.9. The van der Waals surface area contributed by atoms with Gasteiger partial charge in [-0.2, -0.15) is 0 Å². The zero-order chi connectivity index (χ0) is 26.4. The molecule has 4 rings (SSSR count). The van der Waals surface area contributed by atoms with Gasteiger partial charge in [-0.15, -0.1) is 6.58 Å². The number of benzene rings is 1. The molecule has 1 spiro atoms. The molecule has 36 heavy (non-hydrogen) atoms. The van der Waals surface area contributed by atoms with E-state index in [2.05, 4.69) is 29.1 Å². The molecule has 3 fully saturated rings. The first-order valence-electron chi connectivity index (χ1n) is 12.2. The van der Waals surface area contributed by atoms with Crippen molar-refractivity contribution in [3.63, 3.8) is 0 Å². The van der Waals surface area contributed by atoms with E-state index in [1.807, 2.05) is 32.0 Å². The minimum Gasteiger partial charge on any atom is -0.461 e. The summed E-state index contributed by atoms with van der Waals surface area (Å²) in [5.41, 5.74) is 1.33. The van der Waals surface area contributed by atoms with Gasteiger partial charge in [0.1, 0.15) is 18.2 Å². The second kappa shape index (κ2) is 10.1. The number of carbonyl (C=O) groups is 3. The number of hydrogen-bond acceptors (Lipinski definition) is 6. The maximum Gasteiger partial charge on any atom is 0.312 e. The number of aliphatic hydroxyl groups excluding tert-OH is 1. The van der Waals surface area contributed by atoms with Crippen LogP contribution >= 0.6 is 15.9 Å². The molecule has 3 unspecified atom stereocenters. The van der Waals surface area contributed by atoms with Crippen molar-refractivity contribution in [2.75, 3.05) is 24.7 Å². The minimum atomic E-state index is -1.23. The predicted molar refractivity (Wildman–Crippen MR) is 139 cm³/mol. The number of ether oxygens (including phenoxy) is 2. The number of alkyl halides is 1. The van der Waals surface area contributed by atoms with Gasteiger partial charge in [0.15, 0.2) is 0 Å². The highest BCUT2D eigenvalue weighted by molar-refractivity contribution is 9.09. The van der Waals surface area contributed by atoms with Crippen LogP contribution in [0.4, 0.5) is 5.69 Å². The largest absolute Gasteiger partial charge is 0.461 e. The predicted octanol–water partition coefficient (Wildman–Crippen LogP) is 2.68. The molecule has 0 aliphatic carbocycles. The molecule has 3 aliphatic rings. The van der Waals surface area contributed by atoms with Crippen LogP contribution in [0.2, 0.25) is 0 Å². The second-order valence-electron chi connectivity index (χ2n) is 9.84. The fourth-order valence-electron chi connectivity index (χ4n) is 6.22. The first-order valence-corrected chi connectivity index (χ1v) is 13.1. The summed E-state index contributed by atoms with van der Waals surface area (Å²) in [6.45, 7) is 12.9. The molecule has 0 saturated carbocycles. The van der Waals surface area contributed by atoms with Crippen LogP contribution in [-0.2, 0) is 23.9 Å². The molecule has 0 aromatic heterocycles. The molecule has 1 aromatic rings. The number of aryl methyl sites for hydroxylation is 2. The van der Waals surface area contributed by atoms with Gasteiger partial charge in [0, 0.05) is 17.1 Å². The van der Waals surface area contributed by atoms with Gasteiger partial charge in [0.05, 0.1) is 30.6 Å². The van der Waals surface area contributed by atoms with Crippen LogP contribution in [0.5, 0.6) is 0 Å². The number of fused-ring (bicyclic) bond motifs is 1. The Balaban J connectivity index is 1.84. The Labute approximate surface area is 220 Å². The molecular weight excluding hydrogens is 528 g/mol. The van der Waals surface area contributed by atoms with E-state index < -0.39 is 41.6 Å². The van der Waals surface area contributed by atoms with Gasteiger partial charge in [0.2, 0.25) is 5.91 Å². The van der Waals surface area contributed by atoms with Crippen LogP contribution in [0, 0.1) is 25.7 Å². The Morgan fingerprint density at radius 2 is 2.00 bits per heavy atom. The highest BCUT2D eigenvalue weighted by Crippen LogP contribution is 2.60. The van der Waals surface area contributed by atoms with Crippen LogP contribution in [0.25, 0.3) is 0 Å². The zero-order valence-corrected chi connectivity index (χ0v) is 22.4. The third-order valence-corrected chi connectivity index (χ3v) is 8.45. The van der Waals surface area contributed by atoms with E-state index in [9.17, 15) is 19.5 Å². The molecule has 2 bridgehead atoms. The number of likely N-dealkylation sites (tertiary alicyclic amines) is 1. The van der Waals surface area contributed by atoms with Crippen LogP contribution in [0.1, 0.15) is 24.5 Å². The number of amides is 2. The number of para-hydroxylation sites is 1. The van der Waals surface area contributed by atoms with Gasteiger partial charge in [-0.25, -0.2) is 0 Å². The van der Waals surface area contributed by atoms with E-state index in [1.54, 1.807) is 17.9 Å². The minimum absolute atomic E-state index is 0.0156. The number of aliphatic hydroxyl groups is 1. The third kappa shape index (κ3) is 3.92. The average molecular weight is 561 g/mol. The number of rotatable bonds is 9. The quantitative estimate of drug-likeness (QED) is 0.283. The van der Waals surface area contributed by atoms with E-state index in [4.69, 9.17) is 9.47 Å². The summed E-state index contributed by atoms with van der Waals surface area (Å²) < 4.78 is 11.8. The van der Waals surface area contributed by atoms with Crippen molar-refractivity contribution in [1.82, 2.24) is 4.90 Å². The van der Waals surface area contributed by atoms with Gasteiger partial charge >= 0.3 is 5.97 Å². The van der Waals surface area contributed by atoms with Gasteiger partial charge in [-0.3, -0.25) is 14.4 Å². The first kappa shape index (κ1) is 26.6. The second-order valence-corrected chi connectivity index (χ2v) is 11.0. The molecule has 2 amide bonds. The van der Waals surface area contributed by atoms with E-state index in [-0.39, 0.29) is 36.4 Å². The average Bonchev–Trinajstić information content (AvgIpc) is 3.44. The van der Waals surface area contributed by atoms with Crippen molar-refractivity contribution in [2.45, 2.75) is 55.8 Å². The van der Waals surface area contributed by atoms with E-state index in [0.717, 1.165) is 16.8 Å². The molecule has 194 valence electrons. The maximum absolute atomic E-state index is 14.5. The number of esters is 1. The molecule has 0 radical (unpaired) electrons. The molecule has 3 saturated heterocycles. The molecule has 3 aliphatic heterocycles. The van der Waals surface area contributed by atoms with Crippen molar-refractivity contribution in [2.24, 2.45) is 11.8 Å². The van der Waals surface area contributed by atoms with E-state index >= 15 is 0 Å². The smallest absolute Gasteiger partial charge is 0.312 e. The highest BCUT2D eigenvalue weighted by atomic mass is 79.9. The summed E-state index contributed by atoms with van der Waals surface area (Å²) in [6, 6.07) is 4.10. The van der Waals surface area contributed by atoms with Crippen molar-refractivity contribution in [3.8, 4) is 0 Å². The standard InChI is InChI=1S/C27H33BrN2O6/c1-6-11-29(21-15(3)9-8-10-16(21)4)25(33)23-27-13-18(28)22(36-27)19(26(34)35-12-7-2)20(27)24(32)30(23)17(5)14-31/h6-10,17-20,22-23,31H,1-2,11-14H2,3-5H3/t17-,18?,19+,20+,22+,23?,27?/m1/s1. The van der Waals surface area contributed by atoms with Gasteiger partial charge in [-0.1, -0.05) is 52.9 Å². The fourth-order valence-corrected chi connectivity index (χ4v) is 7.16. The fraction of sp³-hybridized carbons (Fsp3) is 0.519. The number of halogens is 1. The highest BCUT2D eigenvalue weighted by Gasteiger charge is 2.77. The Hall–Kier alpha value is -2.49. The van der Waals surface area contributed by atoms with E-state index in [1.165, 1.54) is 11.0 Å². The van der Waals surface area contributed by atoms with Crippen LogP contribution in [0.15, 0.2) is 43.5 Å². The summed E-state index contributed by atoms with van der Waals surface area (Å²) in [4.78, 5) is 44.3. The monoisotopic (exact) mass is 560 g/mol. The lowest BCUT2D eigenvalue weighted by molar-refractivity contribution is -0.154. The lowest BCUT2D eigenvalue weighted by atomic mass is 9.70. The van der Waals surface area contributed by atoms with Crippen LogP contribution < -0.4 is 4.90 Å². The Morgan fingerprint density at radius 3 is 2.58 bits per heavy atom. The lowest BCUT2D eigenvalue weighted by Gasteiger charge is -2.39. The number of anilines is 1. The first-order chi connectivity index (χ1) is 17.1. The molecule has 3 heterocycles. The molecule has 8 nitrogen and oxygen atoms in total. The number of carbonyl (C=O) groups excluding carboxylic acids is 3. The van der Waals surface area contributed by atoms with Crippen molar-refractivity contribution < 1.29 is 29.0 Å². The third-order valence-electron chi connectivity index (χ3n) is 7.60. The molecular formula is C27H33BrN2O6. The lowest BCUT2D eigenvalue weighted by Crippen LogP contribution is -2.59. The Kier molecular flexibility index (Phi) is 7.46. The maximum atomic E-state index is 14.5. The molecule has 1 N–H and O–H groups in total.